The lowest BCUT2D eigenvalue weighted by Gasteiger charge is -2.23. The van der Waals surface area contributed by atoms with E-state index in [-0.39, 0.29) is 6.10 Å². The van der Waals surface area contributed by atoms with Crippen LogP contribution in [0.15, 0.2) is 84.4 Å². The van der Waals surface area contributed by atoms with E-state index in [1.807, 2.05) is 99.6 Å². The maximum atomic E-state index is 6.22. The summed E-state index contributed by atoms with van der Waals surface area (Å²) in [5, 5.41) is 25.5. The predicted molar refractivity (Wildman–Crippen MR) is 152 cm³/mol. The van der Waals surface area contributed by atoms with Gasteiger partial charge in [-0.15, -0.1) is 10.2 Å². The number of aromatic nitrogens is 8. The lowest BCUT2D eigenvalue weighted by molar-refractivity contribution is 0.257. The summed E-state index contributed by atoms with van der Waals surface area (Å²) >= 11 is 0. The van der Waals surface area contributed by atoms with Crippen LogP contribution < -0.4 is 14.2 Å². The highest BCUT2D eigenvalue weighted by Gasteiger charge is 2.25. The molecule has 3 aromatic carbocycles. The second-order valence-electron chi connectivity index (χ2n) is 9.18. The third-order valence-electron chi connectivity index (χ3n) is 6.53. The fourth-order valence-corrected chi connectivity index (χ4v) is 4.58. The van der Waals surface area contributed by atoms with Gasteiger partial charge >= 0.3 is 0 Å². The number of rotatable bonds is 9. The number of ether oxygens (including phenoxy) is 3. The van der Waals surface area contributed by atoms with Crippen LogP contribution in [0.4, 0.5) is 0 Å². The van der Waals surface area contributed by atoms with E-state index >= 15 is 0 Å². The van der Waals surface area contributed by atoms with Gasteiger partial charge in [0.2, 0.25) is 0 Å². The van der Waals surface area contributed by atoms with E-state index in [9.17, 15) is 0 Å². The Hall–Kier alpha value is -5.32. The van der Waals surface area contributed by atoms with Crippen molar-refractivity contribution in [2.24, 2.45) is 0 Å². The molecule has 0 saturated carbocycles. The van der Waals surface area contributed by atoms with Gasteiger partial charge in [-0.3, -0.25) is 0 Å². The summed E-state index contributed by atoms with van der Waals surface area (Å²) < 4.78 is 20.8. The minimum atomic E-state index is -0.232. The molecule has 0 N–H and O–H groups in total. The minimum absolute atomic E-state index is 0.232. The van der Waals surface area contributed by atoms with E-state index < -0.39 is 0 Å². The molecule has 0 bridgehead atoms. The number of fused-ring (bicyclic) bond motifs is 1. The standard InChI is InChI=1S/C30H28N8O3/c1-4-39-25-14-10-23(11-15-25)37-29(31-33-35-37)27(19-22-18-21-8-6-7-9-28(21)41-20(22)3)30-32-34-36-38(30)24-12-16-26(17-13-24)40-5-2/h6-20H,4-5H2,1-3H3. The Bertz CT molecular complexity index is 1610. The molecule has 1 aliphatic heterocycles. The molecule has 0 aliphatic carbocycles. The van der Waals surface area contributed by atoms with Gasteiger partial charge in [-0.2, -0.15) is 9.36 Å². The van der Waals surface area contributed by atoms with E-state index in [0.29, 0.717) is 30.4 Å². The summed E-state index contributed by atoms with van der Waals surface area (Å²) in [5.74, 6) is 3.28. The lowest BCUT2D eigenvalue weighted by atomic mass is 9.99. The van der Waals surface area contributed by atoms with Crippen molar-refractivity contribution in [3.63, 3.8) is 0 Å². The molecule has 0 radical (unpaired) electrons. The molecule has 1 atom stereocenters. The van der Waals surface area contributed by atoms with Crippen molar-refractivity contribution < 1.29 is 14.2 Å². The number of nitrogens with zero attached hydrogens (tertiary/aromatic N) is 8. The molecule has 11 heteroatoms. The molecule has 0 saturated heterocycles. The molecule has 1 unspecified atom stereocenters. The lowest BCUT2D eigenvalue weighted by Crippen LogP contribution is -2.18. The Morgan fingerprint density at radius 3 is 1.85 bits per heavy atom. The highest BCUT2D eigenvalue weighted by Crippen LogP contribution is 2.33. The van der Waals surface area contributed by atoms with Gasteiger partial charge in [0.1, 0.15) is 23.4 Å². The zero-order valence-electron chi connectivity index (χ0n) is 22.9. The normalized spacial score (nSPS) is 14.0. The van der Waals surface area contributed by atoms with Crippen molar-refractivity contribution in [1.29, 1.82) is 0 Å². The van der Waals surface area contributed by atoms with Gasteiger partial charge in [-0.05, 0) is 114 Å². The van der Waals surface area contributed by atoms with Crippen molar-refractivity contribution in [3.8, 4) is 28.6 Å². The largest absolute Gasteiger partial charge is 0.494 e. The number of hydrogen-bond acceptors (Lipinski definition) is 9. The second-order valence-corrected chi connectivity index (χ2v) is 9.18. The topological polar surface area (TPSA) is 115 Å². The fraction of sp³-hybridized carbons (Fsp3) is 0.200. The zero-order valence-corrected chi connectivity index (χ0v) is 22.9. The van der Waals surface area contributed by atoms with Gasteiger partial charge in [-0.1, -0.05) is 18.2 Å². The Labute approximate surface area is 236 Å². The Balaban J connectivity index is 1.49. The van der Waals surface area contributed by atoms with Crippen LogP contribution in [0.25, 0.3) is 23.0 Å². The smallest absolute Gasteiger partial charge is 0.190 e. The SMILES string of the molecule is CCOc1ccc(-n2nnnc2C(=CC2=Cc3ccccc3OC2C)c2nnnn2-c2ccc(OCC)cc2)cc1. The van der Waals surface area contributed by atoms with Crippen LogP contribution in [0.1, 0.15) is 38.0 Å². The van der Waals surface area contributed by atoms with Crippen LogP contribution in [-0.2, 0) is 0 Å². The van der Waals surface area contributed by atoms with Gasteiger partial charge in [0.25, 0.3) is 0 Å². The highest BCUT2D eigenvalue weighted by molar-refractivity contribution is 5.79. The fourth-order valence-electron chi connectivity index (χ4n) is 4.58. The van der Waals surface area contributed by atoms with Gasteiger partial charge < -0.3 is 14.2 Å². The second kappa shape index (κ2) is 11.4. The van der Waals surface area contributed by atoms with Crippen LogP contribution in [0.3, 0.4) is 0 Å². The van der Waals surface area contributed by atoms with Crippen LogP contribution >= 0.6 is 0 Å². The van der Waals surface area contributed by atoms with Gasteiger partial charge in [0, 0.05) is 5.56 Å². The summed E-state index contributed by atoms with van der Waals surface area (Å²) in [4.78, 5) is 0. The van der Waals surface area contributed by atoms with Crippen molar-refractivity contribution in [2.75, 3.05) is 13.2 Å². The number of benzene rings is 3. The maximum absolute atomic E-state index is 6.22. The summed E-state index contributed by atoms with van der Waals surface area (Å²) in [6, 6.07) is 23.1. The van der Waals surface area contributed by atoms with Gasteiger partial charge in [-0.25, -0.2) is 0 Å². The molecule has 41 heavy (non-hydrogen) atoms. The summed E-state index contributed by atoms with van der Waals surface area (Å²) in [6.07, 6.45) is 3.85. The maximum Gasteiger partial charge on any atom is 0.190 e. The molecule has 2 aromatic heterocycles. The summed E-state index contributed by atoms with van der Waals surface area (Å²) in [6.45, 7) is 7.05. The van der Waals surface area contributed by atoms with Crippen molar-refractivity contribution in [2.45, 2.75) is 26.9 Å². The van der Waals surface area contributed by atoms with Crippen molar-refractivity contribution in [3.05, 3.63) is 102 Å². The van der Waals surface area contributed by atoms with Crippen molar-refractivity contribution in [1.82, 2.24) is 40.4 Å². The number of para-hydroxylation sites is 1. The minimum Gasteiger partial charge on any atom is -0.494 e. The van der Waals surface area contributed by atoms with Crippen molar-refractivity contribution >= 4 is 11.6 Å². The monoisotopic (exact) mass is 548 g/mol. The number of hydrogen-bond donors (Lipinski definition) is 0. The first kappa shape index (κ1) is 25.9. The molecule has 1 aliphatic rings. The average Bonchev–Trinajstić information content (AvgIpc) is 3.68. The van der Waals surface area contributed by atoms with Crippen LogP contribution in [0.2, 0.25) is 0 Å². The van der Waals surface area contributed by atoms with E-state index in [0.717, 1.165) is 39.8 Å². The third-order valence-corrected chi connectivity index (χ3v) is 6.53. The average molecular weight is 549 g/mol. The summed E-state index contributed by atoms with van der Waals surface area (Å²) in [5.41, 5.74) is 4.02. The molecule has 6 rings (SSSR count). The zero-order chi connectivity index (χ0) is 28.2. The molecule has 3 heterocycles. The molecule has 0 fully saturated rings. The third kappa shape index (κ3) is 5.29. The van der Waals surface area contributed by atoms with Gasteiger partial charge in [0.15, 0.2) is 11.6 Å². The van der Waals surface area contributed by atoms with E-state index in [4.69, 9.17) is 14.2 Å². The summed E-state index contributed by atoms with van der Waals surface area (Å²) in [7, 11) is 0. The Kier molecular flexibility index (Phi) is 7.23. The highest BCUT2D eigenvalue weighted by atomic mass is 16.5. The van der Waals surface area contributed by atoms with Gasteiger partial charge in [0.05, 0.1) is 30.2 Å². The van der Waals surface area contributed by atoms with Crippen LogP contribution in [-0.4, -0.2) is 59.7 Å². The molecular weight excluding hydrogens is 520 g/mol. The molecule has 5 aromatic rings. The molecule has 0 spiro atoms. The quantitative estimate of drug-likeness (QED) is 0.258. The van der Waals surface area contributed by atoms with E-state index in [1.165, 1.54) is 0 Å². The molecule has 11 nitrogen and oxygen atoms in total. The van der Waals surface area contributed by atoms with Crippen LogP contribution in [0, 0.1) is 0 Å². The first-order chi connectivity index (χ1) is 20.1. The number of tetrazole rings is 2. The molecule has 206 valence electrons. The Morgan fingerprint density at radius 2 is 1.32 bits per heavy atom. The van der Waals surface area contributed by atoms with E-state index in [1.54, 1.807) is 9.36 Å². The first-order valence-corrected chi connectivity index (χ1v) is 13.4. The molecule has 0 amide bonds. The predicted octanol–water partition coefficient (Wildman–Crippen LogP) is 4.73. The van der Waals surface area contributed by atoms with Crippen LogP contribution in [0.5, 0.6) is 17.2 Å². The van der Waals surface area contributed by atoms with E-state index in [2.05, 4.69) is 37.1 Å². The Morgan fingerprint density at radius 1 is 0.780 bits per heavy atom. The molecular formula is C30H28N8O3. The first-order valence-electron chi connectivity index (χ1n) is 13.4.